The van der Waals surface area contributed by atoms with Crippen molar-refractivity contribution in [2.75, 3.05) is 18.0 Å². The molecule has 0 aromatic heterocycles. The number of anilines is 1. The summed E-state index contributed by atoms with van der Waals surface area (Å²) in [6.07, 6.45) is 9.43. The van der Waals surface area contributed by atoms with Gasteiger partial charge in [-0.1, -0.05) is 12.2 Å². The van der Waals surface area contributed by atoms with E-state index in [9.17, 15) is 4.79 Å². The molecule has 2 rings (SSSR count). The van der Waals surface area contributed by atoms with Crippen LogP contribution >= 0.6 is 0 Å². The molecule has 4 nitrogen and oxygen atoms in total. The zero-order valence-electron chi connectivity index (χ0n) is 13.5. The maximum absolute atomic E-state index is 12.1. The van der Waals surface area contributed by atoms with Gasteiger partial charge in [0.1, 0.15) is 0 Å². The minimum absolute atomic E-state index is 0.159. The van der Waals surface area contributed by atoms with Crippen molar-refractivity contribution in [1.82, 2.24) is 5.43 Å². The number of carbonyl (C=O) groups is 1. The lowest BCUT2D eigenvalue weighted by atomic mass is 9.96. The molecule has 1 amide bonds. The third-order valence-corrected chi connectivity index (χ3v) is 4.02. The number of benzene rings is 1. The predicted octanol–water partition coefficient (Wildman–Crippen LogP) is 3.60. The topological polar surface area (TPSA) is 44.7 Å². The van der Waals surface area contributed by atoms with Crippen LogP contribution in [-0.2, 0) is 0 Å². The van der Waals surface area contributed by atoms with Crippen molar-refractivity contribution in [3.05, 3.63) is 42.0 Å². The number of hydrogen-bond acceptors (Lipinski definition) is 3. The van der Waals surface area contributed by atoms with Crippen LogP contribution in [0.5, 0.6) is 0 Å². The van der Waals surface area contributed by atoms with Crippen LogP contribution in [0.25, 0.3) is 0 Å². The summed E-state index contributed by atoms with van der Waals surface area (Å²) < 4.78 is 0. The van der Waals surface area contributed by atoms with Gasteiger partial charge in [-0.2, -0.15) is 5.10 Å². The first kappa shape index (κ1) is 16.3. The fourth-order valence-corrected chi connectivity index (χ4v) is 2.63. The van der Waals surface area contributed by atoms with Crippen molar-refractivity contribution in [1.29, 1.82) is 0 Å². The number of nitrogens with one attached hydrogen (secondary N) is 1. The summed E-state index contributed by atoms with van der Waals surface area (Å²) in [5, 5.41) is 4.09. The van der Waals surface area contributed by atoms with E-state index in [4.69, 9.17) is 0 Å². The Bertz CT molecular complexity index is 530. The van der Waals surface area contributed by atoms with Gasteiger partial charge < -0.3 is 4.90 Å². The first-order valence-electron chi connectivity index (χ1n) is 8.08. The van der Waals surface area contributed by atoms with E-state index < -0.39 is 0 Å². The van der Waals surface area contributed by atoms with Gasteiger partial charge in [-0.3, -0.25) is 4.79 Å². The fourth-order valence-electron chi connectivity index (χ4n) is 2.63. The lowest BCUT2D eigenvalue weighted by Crippen LogP contribution is -2.22. The first-order valence-corrected chi connectivity index (χ1v) is 8.08. The molecule has 1 aromatic carbocycles. The number of nitrogens with zero attached hydrogens (tertiary/aromatic N) is 2. The van der Waals surface area contributed by atoms with Crippen LogP contribution in [0.2, 0.25) is 0 Å². The van der Waals surface area contributed by atoms with Crippen LogP contribution in [0.4, 0.5) is 5.69 Å². The van der Waals surface area contributed by atoms with Gasteiger partial charge in [0.15, 0.2) is 0 Å². The second-order valence-electron chi connectivity index (χ2n) is 5.48. The zero-order chi connectivity index (χ0) is 15.8. The molecule has 118 valence electrons. The van der Waals surface area contributed by atoms with Gasteiger partial charge in [-0.15, -0.1) is 0 Å². The molecule has 0 fully saturated rings. The maximum atomic E-state index is 12.1. The van der Waals surface area contributed by atoms with Gasteiger partial charge >= 0.3 is 0 Å². The maximum Gasteiger partial charge on any atom is 0.271 e. The number of hydrazone groups is 1. The molecule has 1 N–H and O–H groups in total. The van der Waals surface area contributed by atoms with Gasteiger partial charge in [0.25, 0.3) is 5.91 Å². The molecule has 0 radical (unpaired) electrons. The fraction of sp³-hybridized carbons (Fsp3) is 0.444. The summed E-state index contributed by atoms with van der Waals surface area (Å²) in [6, 6.07) is 7.67. The molecule has 0 unspecified atom stereocenters. The standard InChI is InChI=1S/C18H25N3O/c1-3-21(4-2)17-12-10-16(11-13-17)18(22)20-19-14-15-8-6-5-7-9-15/h5-6,10-15H,3-4,7-9H2,1-2H3,(H,20,22)/b19-14-/t15-/m1/s1. The molecular formula is C18H25N3O. The first-order chi connectivity index (χ1) is 10.7. The zero-order valence-corrected chi connectivity index (χ0v) is 13.5. The van der Waals surface area contributed by atoms with E-state index in [0.717, 1.165) is 38.0 Å². The quantitative estimate of drug-likeness (QED) is 0.495. The molecular weight excluding hydrogens is 274 g/mol. The van der Waals surface area contributed by atoms with E-state index in [0.29, 0.717) is 11.5 Å². The van der Waals surface area contributed by atoms with Crippen molar-refractivity contribution in [2.45, 2.75) is 33.1 Å². The monoisotopic (exact) mass is 299 g/mol. The van der Waals surface area contributed by atoms with Crippen LogP contribution in [0.15, 0.2) is 41.5 Å². The molecule has 1 aromatic rings. The van der Waals surface area contributed by atoms with Crippen molar-refractivity contribution >= 4 is 17.8 Å². The second-order valence-corrected chi connectivity index (χ2v) is 5.48. The molecule has 0 aliphatic heterocycles. The Hall–Kier alpha value is -2.10. The molecule has 1 atom stereocenters. The minimum Gasteiger partial charge on any atom is -0.372 e. The Morgan fingerprint density at radius 2 is 2.00 bits per heavy atom. The third kappa shape index (κ3) is 4.45. The molecule has 0 bridgehead atoms. The minimum atomic E-state index is -0.159. The van der Waals surface area contributed by atoms with Gasteiger partial charge in [0.2, 0.25) is 0 Å². The summed E-state index contributed by atoms with van der Waals surface area (Å²) in [5.41, 5.74) is 4.39. The second kappa shape index (κ2) is 8.37. The van der Waals surface area contributed by atoms with Crippen molar-refractivity contribution in [2.24, 2.45) is 11.0 Å². The lowest BCUT2D eigenvalue weighted by Gasteiger charge is -2.20. The molecule has 0 saturated heterocycles. The third-order valence-electron chi connectivity index (χ3n) is 4.02. The molecule has 4 heteroatoms. The van der Waals surface area contributed by atoms with E-state index >= 15 is 0 Å². The Morgan fingerprint density at radius 1 is 1.27 bits per heavy atom. The Morgan fingerprint density at radius 3 is 2.59 bits per heavy atom. The Balaban J connectivity index is 1.89. The highest BCUT2D eigenvalue weighted by Gasteiger charge is 2.08. The number of hydrogen-bond donors (Lipinski definition) is 1. The molecule has 0 heterocycles. The van der Waals surface area contributed by atoms with Crippen molar-refractivity contribution in [3.63, 3.8) is 0 Å². The summed E-state index contributed by atoms with van der Waals surface area (Å²) in [6.45, 7) is 6.17. The molecule has 1 aliphatic rings. The van der Waals surface area contributed by atoms with E-state index in [1.165, 1.54) is 0 Å². The Labute approximate surface area is 132 Å². The van der Waals surface area contributed by atoms with Gasteiger partial charge in [-0.05, 0) is 63.3 Å². The van der Waals surface area contributed by atoms with E-state index in [1.54, 1.807) is 0 Å². The summed E-state index contributed by atoms with van der Waals surface area (Å²) in [7, 11) is 0. The highest BCUT2D eigenvalue weighted by atomic mass is 16.2. The normalized spacial score (nSPS) is 17.6. The van der Waals surface area contributed by atoms with Gasteiger partial charge in [0, 0.05) is 30.6 Å². The van der Waals surface area contributed by atoms with Crippen LogP contribution in [0.1, 0.15) is 43.5 Å². The molecule has 0 saturated carbocycles. The van der Waals surface area contributed by atoms with Crippen molar-refractivity contribution < 1.29 is 4.79 Å². The van der Waals surface area contributed by atoms with Crippen LogP contribution in [0, 0.1) is 5.92 Å². The van der Waals surface area contributed by atoms with E-state index in [-0.39, 0.29) is 5.91 Å². The highest BCUT2D eigenvalue weighted by molar-refractivity contribution is 5.94. The van der Waals surface area contributed by atoms with Crippen LogP contribution in [-0.4, -0.2) is 25.2 Å². The lowest BCUT2D eigenvalue weighted by molar-refractivity contribution is 0.0955. The van der Waals surface area contributed by atoms with Gasteiger partial charge in [0.05, 0.1) is 0 Å². The van der Waals surface area contributed by atoms with E-state index in [1.807, 2.05) is 30.5 Å². The average Bonchev–Trinajstić information content (AvgIpc) is 2.57. The molecule has 1 aliphatic carbocycles. The molecule has 22 heavy (non-hydrogen) atoms. The van der Waals surface area contributed by atoms with E-state index in [2.05, 4.69) is 41.4 Å². The number of allylic oxidation sites excluding steroid dienone is 2. The predicted molar refractivity (Wildman–Crippen MR) is 92.4 cm³/mol. The number of carbonyl (C=O) groups excluding carboxylic acids is 1. The Kier molecular flexibility index (Phi) is 6.19. The number of rotatable bonds is 6. The SMILES string of the molecule is CCN(CC)c1ccc(C(=O)N/N=C\[C@@H]2CC=CCC2)cc1. The highest BCUT2D eigenvalue weighted by Crippen LogP contribution is 2.16. The van der Waals surface area contributed by atoms with Gasteiger partial charge in [-0.25, -0.2) is 5.43 Å². The molecule has 0 spiro atoms. The van der Waals surface area contributed by atoms with Crippen LogP contribution < -0.4 is 10.3 Å². The summed E-state index contributed by atoms with van der Waals surface area (Å²) in [4.78, 5) is 14.3. The number of amides is 1. The average molecular weight is 299 g/mol. The van der Waals surface area contributed by atoms with Crippen molar-refractivity contribution in [3.8, 4) is 0 Å². The van der Waals surface area contributed by atoms with Crippen LogP contribution in [0.3, 0.4) is 0 Å². The largest absolute Gasteiger partial charge is 0.372 e. The summed E-state index contributed by atoms with van der Waals surface area (Å²) in [5.74, 6) is 0.282. The summed E-state index contributed by atoms with van der Waals surface area (Å²) >= 11 is 0. The smallest absolute Gasteiger partial charge is 0.271 e.